The van der Waals surface area contributed by atoms with Crippen molar-refractivity contribution >= 4 is 29.0 Å². The van der Waals surface area contributed by atoms with Crippen LogP contribution in [0.5, 0.6) is 5.75 Å². The van der Waals surface area contributed by atoms with E-state index < -0.39 is 0 Å². The minimum atomic E-state index is -0.125. The number of nitrogens with zero attached hydrogens (tertiary/aromatic N) is 4. The van der Waals surface area contributed by atoms with Crippen LogP contribution >= 0.6 is 11.8 Å². The molecule has 3 aromatic rings. The van der Waals surface area contributed by atoms with Crippen molar-refractivity contribution in [1.82, 2.24) is 14.9 Å². The van der Waals surface area contributed by atoms with Crippen LogP contribution in [0.4, 0.5) is 11.4 Å². The Bertz CT molecular complexity index is 1060. The van der Waals surface area contributed by atoms with Gasteiger partial charge in [-0.05, 0) is 60.7 Å². The van der Waals surface area contributed by atoms with Gasteiger partial charge in [0.1, 0.15) is 12.4 Å². The molecule has 0 saturated carbocycles. The summed E-state index contributed by atoms with van der Waals surface area (Å²) in [7, 11) is 0. The number of anilines is 2. The molecule has 33 heavy (non-hydrogen) atoms. The fourth-order valence-electron chi connectivity index (χ4n) is 3.66. The van der Waals surface area contributed by atoms with Gasteiger partial charge >= 0.3 is 0 Å². The van der Waals surface area contributed by atoms with Crippen molar-refractivity contribution in [3.8, 4) is 5.75 Å². The Morgan fingerprint density at radius 2 is 1.79 bits per heavy atom. The lowest BCUT2D eigenvalue weighted by atomic mass is 10.0. The first-order chi connectivity index (χ1) is 16.0. The lowest BCUT2D eigenvalue weighted by molar-refractivity contribution is -0.113. The van der Waals surface area contributed by atoms with Gasteiger partial charge in [0.25, 0.3) is 0 Å². The molecule has 1 aliphatic rings. The van der Waals surface area contributed by atoms with Crippen molar-refractivity contribution in [2.24, 2.45) is 0 Å². The second-order valence-electron chi connectivity index (χ2n) is 8.36. The van der Waals surface area contributed by atoms with Gasteiger partial charge in [0.2, 0.25) is 11.1 Å². The van der Waals surface area contributed by atoms with Crippen LogP contribution in [0.1, 0.15) is 44.0 Å². The van der Waals surface area contributed by atoms with Crippen LogP contribution < -0.4 is 20.8 Å². The molecule has 1 aromatic heterocycles. The third-order valence-corrected chi connectivity index (χ3v) is 6.55. The fourth-order valence-corrected chi connectivity index (χ4v) is 4.33. The zero-order valence-electron chi connectivity index (χ0n) is 19.0. The second kappa shape index (κ2) is 10.6. The first-order valence-electron chi connectivity index (χ1n) is 11.2. The number of hydrogen-bond acceptors (Lipinski definition) is 7. The summed E-state index contributed by atoms with van der Waals surface area (Å²) < 4.78 is 7.14. The quantitative estimate of drug-likeness (QED) is 0.363. The molecule has 0 spiro atoms. The maximum Gasteiger partial charge on any atom is 0.234 e. The first kappa shape index (κ1) is 23.0. The lowest BCUT2D eigenvalue weighted by Crippen LogP contribution is -2.18. The fraction of sp³-hybridized carbons (Fsp3) is 0.375. The first-order valence-corrected chi connectivity index (χ1v) is 12.2. The number of benzene rings is 2. The van der Waals surface area contributed by atoms with E-state index in [0.29, 0.717) is 16.9 Å². The van der Waals surface area contributed by atoms with E-state index in [0.717, 1.165) is 24.5 Å². The van der Waals surface area contributed by atoms with Gasteiger partial charge in [-0.2, -0.15) is 0 Å². The van der Waals surface area contributed by atoms with Gasteiger partial charge in [0.05, 0.1) is 5.75 Å². The number of hydrogen-bond donors (Lipinski definition) is 2. The van der Waals surface area contributed by atoms with Crippen LogP contribution in [-0.4, -0.2) is 39.6 Å². The molecule has 1 aliphatic heterocycles. The highest BCUT2D eigenvalue weighted by atomic mass is 32.2. The molecule has 2 aromatic carbocycles. The van der Waals surface area contributed by atoms with Crippen molar-refractivity contribution in [2.75, 3.05) is 34.9 Å². The maximum absolute atomic E-state index is 12.4. The molecule has 174 valence electrons. The van der Waals surface area contributed by atoms with Gasteiger partial charge in [0.15, 0.2) is 5.82 Å². The predicted molar refractivity (Wildman–Crippen MR) is 132 cm³/mol. The van der Waals surface area contributed by atoms with Gasteiger partial charge in [-0.25, -0.2) is 4.68 Å². The molecule has 9 heteroatoms. The monoisotopic (exact) mass is 466 g/mol. The van der Waals surface area contributed by atoms with E-state index in [9.17, 15) is 4.79 Å². The topological polar surface area (TPSA) is 98.3 Å². The summed E-state index contributed by atoms with van der Waals surface area (Å²) in [5.41, 5.74) is 3.22. The largest absolute Gasteiger partial charge is 0.486 e. The summed E-state index contributed by atoms with van der Waals surface area (Å²) in [4.78, 5) is 14.7. The van der Waals surface area contributed by atoms with Crippen LogP contribution in [0, 0.1) is 0 Å². The number of aromatic nitrogens is 3. The highest BCUT2D eigenvalue weighted by molar-refractivity contribution is 7.99. The number of rotatable bonds is 9. The molecule has 4 rings (SSSR count). The van der Waals surface area contributed by atoms with E-state index in [-0.39, 0.29) is 18.3 Å². The number of nitrogens with one attached hydrogen (secondary N) is 1. The Labute approximate surface area is 198 Å². The summed E-state index contributed by atoms with van der Waals surface area (Å²) >= 11 is 1.23. The Morgan fingerprint density at radius 3 is 2.45 bits per heavy atom. The molecular weight excluding hydrogens is 436 g/mol. The number of ether oxygens (including phenoxy) is 1. The Morgan fingerprint density at radius 1 is 1.09 bits per heavy atom. The van der Waals surface area contributed by atoms with E-state index in [1.807, 2.05) is 48.5 Å². The number of thioether (sulfide) groups is 1. The standard InChI is InChI=1S/C24H30N6O2S/c1-17(2)18-5-11-21(12-6-18)32-15-22-27-28-24(30(22)25)33-16-23(31)26-19-7-9-20(10-8-19)29-13-3-4-14-29/h5-12,17H,3-4,13-16,25H2,1-2H3,(H,26,31). The van der Waals surface area contributed by atoms with Gasteiger partial charge in [-0.3, -0.25) is 4.79 Å². The molecule has 2 heterocycles. The molecule has 0 unspecified atom stereocenters. The number of carbonyl (C=O) groups is 1. The smallest absolute Gasteiger partial charge is 0.234 e. The third kappa shape index (κ3) is 5.98. The Hall–Kier alpha value is -3.20. The number of nitrogen functional groups attached to an aromatic ring is 1. The van der Waals surface area contributed by atoms with Crippen LogP contribution in [0.3, 0.4) is 0 Å². The van der Waals surface area contributed by atoms with E-state index in [1.165, 1.54) is 40.5 Å². The van der Waals surface area contributed by atoms with Crippen LogP contribution in [-0.2, 0) is 11.4 Å². The van der Waals surface area contributed by atoms with Crippen molar-refractivity contribution in [1.29, 1.82) is 0 Å². The van der Waals surface area contributed by atoms with Gasteiger partial charge < -0.3 is 20.8 Å². The maximum atomic E-state index is 12.4. The number of carbonyl (C=O) groups excluding carboxylic acids is 1. The van der Waals surface area contributed by atoms with Gasteiger partial charge in [0, 0.05) is 24.5 Å². The van der Waals surface area contributed by atoms with E-state index >= 15 is 0 Å². The lowest BCUT2D eigenvalue weighted by Gasteiger charge is -2.17. The number of nitrogens with two attached hydrogens (primary N) is 1. The summed E-state index contributed by atoms with van der Waals surface area (Å²) in [6.07, 6.45) is 2.47. The minimum Gasteiger partial charge on any atom is -0.486 e. The summed E-state index contributed by atoms with van der Waals surface area (Å²) in [6, 6.07) is 15.9. The molecular formula is C24H30N6O2S. The molecule has 8 nitrogen and oxygen atoms in total. The normalized spacial score (nSPS) is 13.5. The zero-order chi connectivity index (χ0) is 23.2. The van der Waals surface area contributed by atoms with Crippen molar-refractivity contribution in [3.63, 3.8) is 0 Å². The van der Waals surface area contributed by atoms with Crippen LogP contribution in [0.2, 0.25) is 0 Å². The molecule has 3 N–H and O–H groups in total. The Kier molecular flexibility index (Phi) is 7.39. The van der Waals surface area contributed by atoms with E-state index in [4.69, 9.17) is 10.6 Å². The van der Waals surface area contributed by atoms with Crippen LogP contribution in [0.15, 0.2) is 53.7 Å². The van der Waals surface area contributed by atoms with E-state index in [2.05, 4.69) is 34.3 Å². The van der Waals surface area contributed by atoms with Gasteiger partial charge in [-0.15, -0.1) is 10.2 Å². The summed E-state index contributed by atoms with van der Waals surface area (Å²) in [5.74, 6) is 7.86. The molecule has 0 atom stereocenters. The highest BCUT2D eigenvalue weighted by Crippen LogP contribution is 2.23. The second-order valence-corrected chi connectivity index (χ2v) is 9.30. The van der Waals surface area contributed by atoms with E-state index in [1.54, 1.807) is 0 Å². The predicted octanol–water partition coefficient (Wildman–Crippen LogP) is 4.03. The van der Waals surface area contributed by atoms with Gasteiger partial charge in [-0.1, -0.05) is 37.7 Å². The molecule has 0 aliphatic carbocycles. The third-order valence-electron chi connectivity index (χ3n) is 5.60. The van der Waals surface area contributed by atoms with Crippen molar-refractivity contribution in [3.05, 3.63) is 59.9 Å². The zero-order valence-corrected chi connectivity index (χ0v) is 19.8. The summed E-state index contributed by atoms with van der Waals surface area (Å²) in [5, 5.41) is 11.6. The minimum absolute atomic E-state index is 0.125. The average molecular weight is 467 g/mol. The molecule has 1 saturated heterocycles. The van der Waals surface area contributed by atoms with Crippen molar-refractivity contribution < 1.29 is 9.53 Å². The average Bonchev–Trinajstić information content (AvgIpc) is 3.47. The molecule has 1 fully saturated rings. The molecule has 1 amide bonds. The molecule has 0 radical (unpaired) electrons. The number of amides is 1. The summed E-state index contributed by atoms with van der Waals surface area (Å²) in [6.45, 7) is 6.69. The SMILES string of the molecule is CC(C)c1ccc(OCc2nnc(SCC(=O)Nc3ccc(N4CCCC4)cc3)n2N)cc1. The highest BCUT2D eigenvalue weighted by Gasteiger charge is 2.14. The molecule has 0 bridgehead atoms. The Balaban J connectivity index is 1.25. The van der Waals surface area contributed by atoms with Crippen LogP contribution in [0.25, 0.3) is 0 Å². The van der Waals surface area contributed by atoms with Crippen molar-refractivity contribution in [2.45, 2.75) is 44.4 Å².